The Labute approximate surface area is 125 Å². The minimum atomic E-state index is -0.644. The molecule has 1 N–H and O–H groups in total. The van der Waals surface area contributed by atoms with E-state index in [9.17, 15) is 4.79 Å². The SMILES string of the molecule is Cc1cnc(NC(=O)C(C)Oc2ccc3c(c2)OCO3)s1. The summed E-state index contributed by atoms with van der Waals surface area (Å²) >= 11 is 1.42. The number of carbonyl (C=O) groups is 1. The molecule has 1 aromatic carbocycles. The molecule has 1 amide bonds. The van der Waals surface area contributed by atoms with Gasteiger partial charge in [-0.25, -0.2) is 4.98 Å². The Morgan fingerprint density at radius 1 is 1.43 bits per heavy atom. The van der Waals surface area contributed by atoms with Crippen molar-refractivity contribution in [3.05, 3.63) is 29.3 Å². The molecule has 0 saturated heterocycles. The molecule has 0 spiro atoms. The van der Waals surface area contributed by atoms with Gasteiger partial charge in [-0.05, 0) is 26.0 Å². The molecule has 0 radical (unpaired) electrons. The lowest BCUT2D eigenvalue weighted by Gasteiger charge is -2.13. The Kier molecular flexibility index (Phi) is 3.66. The predicted octanol–water partition coefficient (Wildman–Crippen LogP) is 2.59. The number of carbonyl (C=O) groups excluding carboxylic acids is 1. The van der Waals surface area contributed by atoms with Gasteiger partial charge >= 0.3 is 0 Å². The number of nitrogens with zero attached hydrogens (tertiary/aromatic N) is 1. The van der Waals surface area contributed by atoms with Crippen molar-refractivity contribution in [2.45, 2.75) is 20.0 Å². The van der Waals surface area contributed by atoms with Crippen molar-refractivity contribution in [1.82, 2.24) is 4.98 Å². The van der Waals surface area contributed by atoms with Crippen LogP contribution in [0.1, 0.15) is 11.8 Å². The first-order valence-corrected chi connectivity index (χ1v) is 7.23. The molecular weight excluding hydrogens is 292 g/mol. The van der Waals surface area contributed by atoms with E-state index in [1.807, 2.05) is 6.92 Å². The fourth-order valence-corrected chi connectivity index (χ4v) is 2.49. The van der Waals surface area contributed by atoms with Gasteiger partial charge in [0.2, 0.25) is 6.79 Å². The van der Waals surface area contributed by atoms with Crippen molar-refractivity contribution in [2.24, 2.45) is 0 Å². The van der Waals surface area contributed by atoms with E-state index in [4.69, 9.17) is 14.2 Å². The van der Waals surface area contributed by atoms with Crippen LogP contribution in [0, 0.1) is 6.92 Å². The molecule has 0 saturated carbocycles. The number of benzene rings is 1. The van der Waals surface area contributed by atoms with E-state index in [0.717, 1.165) is 4.88 Å². The van der Waals surface area contributed by atoms with Crippen LogP contribution in [0.5, 0.6) is 17.2 Å². The van der Waals surface area contributed by atoms with E-state index in [1.165, 1.54) is 11.3 Å². The third kappa shape index (κ3) is 3.08. The van der Waals surface area contributed by atoms with E-state index in [-0.39, 0.29) is 12.7 Å². The molecule has 6 nitrogen and oxygen atoms in total. The summed E-state index contributed by atoms with van der Waals surface area (Å²) in [7, 11) is 0. The molecule has 0 fully saturated rings. The number of amides is 1. The molecule has 1 aliphatic heterocycles. The second-order valence-electron chi connectivity index (χ2n) is 4.54. The lowest BCUT2D eigenvalue weighted by atomic mass is 10.3. The van der Waals surface area contributed by atoms with Gasteiger partial charge in [0.1, 0.15) is 5.75 Å². The predicted molar refractivity (Wildman–Crippen MR) is 78.1 cm³/mol. The molecule has 3 rings (SSSR count). The smallest absolute Gasteiger partial charge is 0.266 e. The molecule has 2 heterocycles. The Balaban J connectivity index is 1.62. The molecule has 21 heavy (non-hydrogen) atoms. The minimum Gasteiger partial charge on any atom is -0.481 e. The van der Waals surface area contributed by atoms with Gasteiger partial charge in [0, 0.05) is 17.1 Å². The zero-order chi connectivity index (χ0) is 14.8. The summed E-state index contributed by atoms with van der Waals surface area (Å²) in [6.07, 6.45) is 1.07. The number of rotatable bonds is 4. The van der Waals surface area contributed by atoms with Crippen molar-refractivity contribution in [3.8, 4) is 17.2 Å². The van der Waals surface area contributed by atoms with Crippen LogP contribution in [0.3, 0.4) is 0 Å². The molecule has 0 aliphatic carbocycles. The molecule has 7 heteroatoms. The van der Waals surface area contributed by atoms with Gasteiger partial charge in [-0.1, -0.05) is 0 Å². The summed E-state index contributed by atoms with van der Waals surface area (Å²) in [4.78, 5) is 17.2. The molecule has 1 unspecified atom stereocenters. The van der Waals surface area contributed by atoms with E-state index < -0.39 is 6.10 Å². The second kappa shape index (κ2) is 5.61. The number of aryl methyl sites for hydroxylation is 1. The minimum absolute atomic E-state index is 0.207. The fraction of sp³-hybridized carbons (Fsp3) is 0.286. The first-order chi connectivity index (χ1) is 10.1. The third-order valence-electron chi connectivity index (χ3n) is 2.88. The maximum absolute atomic E-state index is 12.0. The highest BCUT2D eigenvalue weighted by Crippen LogP contribution is 2.35. The van der Waals surface area contributed by atoms with Crippen LogP contribution in [0.15, 0.2) is 24.4 Å². The van der Waals surface area contributed by atoms with Crippen LogP contribution < -0.4 is 19.5 Å². The number of hydrogen-bond acceptors (Lipinski definition) is 6. The van der Waals surface area contributed by atoms with Gasteiger partial charge in [0.05, 0.1) is 0 Å². The Hall–Kier alpha value is -2.28. The van der Waals surface area contributed by atoms with Crippen LogP contribution in [0.25, 0.3) is 0 Å². The van der Waals surface area contributed by atoms with E-state index in [2.05, 4.69) is 10.3 Å². The largest absolute Gasteiger partial charge is 0.481 e. The highest BCUT2D eigenvalue weighted by Gasteiger charge is 2.19. The highest BCUT2D eigenvalue weighted by molar-refractivity contribution is 7.15. The maximum Gasteiger partial charge on any atom is 0.266 e. The topological polar surface area (TPSA) is 69.7 Å². The first kappa shape index (κ1) is 13.7. The van der Waals surface area contributed by atoms with Gasteiger partial charge < -0.3 is 14.2 Å². The Bertz CT molecular complexity index is 671. The molecule has 0 bridgehead atoms. The zero-order valence-corrected chi connectivity index (χ0v) is 12.4. The Morgan fingerprint density at radius 2 is 2.24 bits per heavy atom. The average Bonchev–Trinajstić information content (AvgIpc) is 3.07. The molecule has 1 atom stereocenters. The number of nitrogens with one attached hydrogen (secondary N) is 1. The molecule has 110 valence electrons. The highest BCUT2D eigenvalue weighted by atomic mass is 32.1. The third-order valence-corrected chi connectivity index (χ3v) is 3.71. The van der Waals surface area contributed by atoms with E-state index >= 15 is 0 Å². The second-order valence-corrected chi connectivity index (χ2v) is 5.78. The van der Waals surface area contributed by atoms with Gasteiger partial charge in [-0.3, -0.25) is 10.1 Å². The summed E-state index contributed by atoms with van der Waals surface area (Å²) in [5.74, 6) is 1.60. The molecular formula is C14H14N2O4S. The Morgan fingerprint density at radius 3 is 3.00 bits per heavy atom. The number of anilines is 1. The quantitative estimate of drug-likeness (QED) is 0.940. The van der Waals surface area contributed by atoms with Crippen LogP contribution in [0.4, 0.5) is 5.13 Å². The summed E-state index contributed by atoms with van der Waals surface area (Å²) in [5.41, 5.74) is 0. The molecule has 2 aromatic rings. The number of hydrogen-bond donors (Lipinski definition) is 1. The number of fused-ring (bicyclic) bond motifs is 1. The van der Waals surface area contributed by atoms with E-state index in [1.54, 1.807) is 31.3 Å². The standard InChI is InChI=1S/C14H14N2O4S/c1-8-6-15-14(21-8)16-13(17)9(2)20-10-3-4-11-12(5-10)19-7-18-11/h3-6,9H,7H2,1-2H3,(H,15,16,17). The van der Waals surface area contributed by atoms with Crippen LogP contribution >= 0.6 is 11.3 Å². The first-order valence-electron chi connectivity index (χ1n) is 6.41. The van der Waals surface area contributed by atoms with Crippen LogP contribution in [-0.4, -0.2) is 23.8 Å². The summed E-state index contributed by atoms with van der Waals surface area (Å²) in [6, 6.07) is 5.21. The van der Waals surface area contributed by atoms with Gasteiger partial charge in [-0.2, -0.15) is 0 Å². The van der Waals surface area contributed by atoms with Gasteiger partial charge in [0.25, 0.3) is 5.91 Å². The summed E-state index contributed by atoms with van der Waals surface area (Å²) < 4.78 is 16.1. The lowest BCUT2D eigenvalue weighted by molar-refractivity contribution is -0.122. The zero-order valence-electron chi connectivity index (χ0n) is 11.6. The maximum atomic E-state index is 12.0. The van der Waals surface area contributed by atoms with E-state index in [0.29, 0.717) is 22.4 Å². The number of thiazole rings is 1. The van der Waals surface area contributed by atoms with Crippen LogP contribution in [0.2, 0.25) is 0 Å². The van der Waals surface area contributed by atoms with Crippen molar-refractivity contribution < 1.29 is 19.0 Å². The van der Waals surface area contributed by atoms with Gasteiger partial charge in [0.15, 0.2) is 22.7 Å². The summed E-state index contributed by atoms with van der Waals surface area (Å²) in [5, 5.41) is 3.29. The summed E-state index contributed by atoms with van der Waals surface area (Å²) in [6.45, 7) is 3.82. The lowest BCUT2D eigenvalue weighted by Crippen LogP contribution is -2.30. The number of ether oxygens (including phenoxy) is 3. The monoisotopic (exact) mass is 306 g/mol. The average molecular weight is 306 g/mol. The van der Waals surface area contributed by atoms with Crippen molar-refractivity contribution in [3.63, 3.8) is 0 Å². The molecule has 1 aromatic heterocycles. The van der Waals surface area contributed by atoms with Crippen LogP contribution in [-0.2, 0) is 4.79 Å². The fourth-order valence-electron chi connectivity index (χ4n) is 1.83. The van der Waals surface area contributed by atoms with Crippen molar-refractivity contribution >= 4 is 22.4 Å². The number of aromatic nitrogens is 1. The molecule has 1 aliphatic rings. The van der Waals surface area contributed by atoms with Crippen molar-refractivity contribution in [1.29, 1.82) is 0 Å². The van der Waals surface area contributed by atoms with Crippen molar-refractivity contribution in [2.75, 3.05) is 12.1 Å². The normalized spacial score (nSPS) is 13.8. The van der Waals surface area contributed by atoms with Gasteiger partial charge in [-0.15, -0.1) is 11.3 Å².